The van der Waals surface area contributed by atoms with Crippen LogP contribution in [0, 0.1) is 0 Å². The molecule has 0 unspecified atom stereocenters. The third kappa shape index (κ3) is 4.76. The van der Waals surface area contributed by atoms with Crippen molar-refractivity contribution >= 4 is 17.5 Å². The topological polar surface area (TPSA) is 51.2 Å². The molecule has 5 heteroatoms. The second kappa shape index (κ2) is 6.37. The summed E-state index contributed by atoms with van der Waals surface area (Å²) in [5.41, 5.74) is 0.921. The van der Waals surface area contributed by atoms with Crippen LogP contribution in [-0.2, 0) is 16.1 Å². The smallest absolute Gasteiger partial charge is 0.222 e. The Hall–Kier alpha value is -1.13. The fourth-order valence-electron chi connectivity index (χ4n) is 0.995. The quantitative estimate of drug-likeness (QED) is 0.775. The number of nitrogens with one attached hydrogen (secondary N) is 1. The highest BCUT2D eigenvalue weighted by Gasteiger charge is 2.00. The number of hydrogen-bond donors (Lipinski definition) is 1. The molecule has 0 saturated heterocycles. The zero-order valence-corrected chi connectivity index (χ0v) is 9.25. The third-order valence-electron chi connectivity index (χ3n) is 1.81. The molecular formula is C10H13ClN2O2. The monoisotopic (exact) mass is 228 g/mol. The Morgan fingerprint density at radius 3 is 3.00 bits per heavy atom. The first-order chi connectivity index (χ1) is 7.22. The fraction of sp³-hybridized carbons (Fsp3) is 0.400. The van der Waals surface area contributed by atoms with Gasteiger partial charge in [-0.1, -0.05) is 17.7 Å². The lowest BCUT2D eigenvalue weighted by molar-refractivity contribution is -0.122. The summed E-state index contributed by atoms with van der Waals surface area (Å²) in [6, 6.07) is 3.52. The SMILES string of the molecule is COCCC(=O)NCc1ccc(Cl)nc1. The molecule has 1 aromatic heterocycles. The van der Waals surface area contributed by atoms with E-state index in [0.29, 0.717) is 24.7 Å². The van der Waals surface area contributed by atoms with Crippen molar-refractivity contribution in [3.05, 3.63) is 29.0 Å². The summed E-state index contributed by atoms with van der Waals surface area (Å²) in [5, 5.41) is 3.20. The molecule has 0 bridgehead atoms. The van der Waals surface area contributed by atoms with E-state index in [1.165, 1.54) is 0 Å². The second-order valence-electron chi connectivity index (χ2n) is 3.01. The van der Waals surface area contributed by atoms with Crippen LogP contribution in [0.3, 0.4) is 0 Å². The largest absolute Gasteiger partial charge is 0.384 e. The summed E-state index contributed by atoms with van der Waals surface area (Å²) in [5.74, 6) is -0.0354. The van der Waals surface area contributed by atoms with Gasteiger partial charge in [-0.3, -0.25) is 4.79 Å². The first-order valence-corrected chi connectivity index (χ1v) is 4.96. The van der Waals surface area contributed by atoms with Crippen molar-refractivity contribution in [2.24, 2.45) is 0 Å². The second-order valence-corrected chi connectivity index (χ2v) is 3.40. The third-order valence-corrected chi connectivity index (χ3v) is 2.04. The van der Waals surface area contributed by atoms with Crippen LogP contribution in [-0.4, -0.2) is 24.6 Å². The number of carbonyl (C=O) groups is 1. The zero-order valence-electron chi connectivity index (χ0n) is 8.50. The van der Waals surface area contributed by atoms with Crippen LogP contribution in [0.5, 0.6) is 0 Å². The number of halogens is 1. The van der Waals surface area contributed by atoms with Gasteiger partial charge in [-0.15, -0.1) is 0 Å². The molecule has 1 aromatic rings. The Labute approximate surface area is 93.6 Å². The molecule has 0 fully saturated rings. The van der Waals surface area contributed by atoms with Crippen molar-refractivity contribution in [1.82, 2.24) is 10.3 Å². The summed E-state index contributed by atoms with van der Waals surface area (Å²) in [7, 11) is 1.57. The molecule has 0 atom stereocenters. The summed E-state index contributed by atoms with van der Waals surface area (Å²) < 4.78 is 4.79. The van der Waals surface area contributed by atoms with Gasteiger partial charge in [-0.05, 0) is 11.6 Å². The van der Waals surface area contributed by atoms with Gasteiger partial charge in [0, 0.05) is 26.3 Å². The minimum absolute atomic E-state index is 0.0354. The fourth-order valence-corrected chi connectivity index (χ4v) is 1.11. The number of amides is 1. The highest BCUT2D eigenvalue weighted by atomic mass is 35.5. The summed E-state index contributed by atoms with van der Waals surface area (Å²) in [4.78, 5) is 15.1. The van der Waals surface area contributed by atoms with Gasteiger partial charge in [0.05, 0.1) is 6.61 Å². The Balaban J connectivity index is 2.30. The molecule has 15 heavy (non-hydrogen) atoms. The van der Waals surface area contributed by atoms with Gasteiger partial charge in [0.2, 0.25) is 5.91 Å². The summed E-state index contributed by atoms with van der Waals surface area (Å²) in [6.45, 7) is 0.900. The van der Waals surface area contributed by atoms with Gasteiger partial charge in [0.15, 0.2) is 0 Å². The molecule has 1 heterocycles. The first kappa shape index (κ1) is 11.9. The Bertz CT molecular complexity index is 314. The van der Waals surface area contributed by atoms with E-state index in [9.17, 15) is 4.79 Å². The van der Waals surface area contributed by atoms with Crippen molar-refractivity contribution in [2.45, 2.75) is 13.0 Å². The Morgan fingerprint density at radius 1 is 1.60 bits per heavy atom. The van der Waals surface area contributed by atoms with Crippen LogP contribution >= 0.6 is 11.6 Å². The van der Waals surface area contributed by atoms with Gasteiger partial charge in [-0.25, -0.2) is 4.98 Å². The molecule has 1 N–H and O–H groups in total. The molecule has 0 aromatic carbocycles. The summed E-state index contributed by atoms with van der Waals surface area (Å²) >= 11 is 5.63. The van der Waals surface area contributed by atoms with Crippen LogP contribution in [0.15, 0.2) is 18.3 Å². The van der Waals surface area contributed by atoms with Gasteiger partial charge in [0.25, 0.3) is 0 Å². The van der Waals surface area contributed by atoms with E-state index in [2.05, 4.69) is 10.3 Å². The minimum atomic E-state index is -0.0354. The van der Waals surface area contributed by atoms with Crippen molar-refractivity contribution in [2.75, 3.05) is 13.7 Å². The maximum Gasteiger partial charge on any atom is 0.222 e. The van der Waals surface area contributed by atoms with E-state index >= 15 is 0 Å². The Morgan fingerprint density at radius 2 is 2.40 bits per heavy atom. The number of methoxy groups -OCH3 is 1. The molecule has 1 rings (SSSR count). The van der Waals surface area contributed by atoms with E-state index in [4.69, 9.17) is 16.3 Å². The van der Waals surface area contributed by atoms with Crippen molar-refractivity contribution in [3.63, 3.8) is 0 Å². The van der Waals surface area contributed by atoms with E-state index in [0.717, 1.165) is 5.56 Å². The molecular weight excluding hydrogens is 216 g/mol. The lowest BCUT2D eigenvalue weighted by atomic mass is 10.3. The van der Waals surface area contributed by atoms with E-state index in [1.807, 2.05) is 6.07 Å². The van der Waals surface area contributed by atoms with Gasteiger partial charge < -0.3 is 10.1 Å². The van der Waals surface area contributed by atoms with Crippen molar-refractivity contribution in [1.29, 1.82) is 0 Å². The molecule has 0 aliphatic heterocycles. The lowest BCUT2D eigenvalue weighted by Gasteiger charge is -2.04. The lowest BCUT2D eigenvalue weighted by Crippen LogP contribution is -2.23. The van der Waals surface area contributed by atoms with Crippen LogP contribution in [0.25, 0.3) is 0 Å². The van der Waals surface area contributed by atoms with Crippen LogP contribution in [0.2, 0.25) is 5.15 Å². The number of aromatic nitrogens is 1. The molecule has 0 aliphatic carbocycles. The van der Waals surface area contributed by atoms with Gasteiger partial charge >= 0.3 is 0 Å². The highest BCUT2D eigenvalue weighted by molar-refractivity contribution is 6.29. The molecule has 0 aliphatic rings. The first-order valence-electron chi connectivity index (χ1n) is 4.58. The number of ether oxygens (including phenoxy) is 1. The van der Waals surface area contributed by atoms with Crippen molar-refractivity contribution in [3.8, 4) is 0 Å². The molecule has 1 amide bonds. The molecule has 82 valence electrons. The van der Waals surface area contributed by atoms with Crippen LogP contribution < -0.4 is 5.32 Å². The summed E-state index contributed by atoms with van der Waals surface area (Å²) in [6.07, 6.45) is 2.01. The average molecular weight is 229 g/mol. The molecule has 4 nitrogen and oxygen atoms in total. The van der Waals surface area contributed by atoms with E-state index in [1.54, 1.807) is 19.4 Å². The minimum Gasteiger partial charge on any atom is -0.384 e. The molecule has 0 radical (unpaired) electrons. The van der Waals surface area contributed by atoms with E-state index < -0.39 is 0 Å². The average Bonchev–Trinajstić information content (AvgIpc) is 2.25. The number of carbonyl (C=O) groups excluding carboxylic acids is 1. The maximum absolute atomic E-state index is 11.2. The molecule has 0 spiro atoms. The maximum atomic E-state index is 11.2. The van der Waals surface area contributed by atoms with E-state index in [-0.39, 0.29) is 5.91 Å². The predicted octanol–water partition coefficient (Wildman–Crippen LogP) is 1.39. The highest BCUT2D eigenvalue weighted by Crippen LogP contribution is 2.04. The number of nitrogens with zero attached hydrogens (tertiary/aromatic N) is 1. The normalized spacial score (nSPS) is 10.0. The number of pyridine rings is 1. The number of rotatable bonds is 5. The van der Waals surface area contributed by atoms with Crippen LogP contribution in [0.4, 0.5) is 0 Å². The number of hydrogen-bond acceptors (Lipinski definition) is 3. The van der Waals surface area contributed by atoms with Gasteiger partial charge in [-0.2, -0.15) is 0 Å². The van der Waals surface area contributed by atoms with Gasteiger partial charge in [0.1, 0.15) is 5.15 Å². The Kier molecular flexibility index (Phi) is 5.07. The zero-order chi connectivity index (χ0) is 11.1. The standard InChI is InChI=1S/C10H13ClN2O2/c1-15-5-4-10(14)13-7-8-2-3-9(11)12-6-8/h2-3,6H,4-5,7H2,1H3,(H,13,14). The predicted molar refractivity (Wildman–Crippen MR) is 57.6 cm³/mol. The van der Waals surface area contributed by atoms with Crippen LogP contribution in [0.1, 0.15) is 12.0 Å². The molecule has 0 saturated carbocycles. The van der Waals surface area contributed by atoms with Crippen molar-refractivity contribution < 1.29 is 9.53 Å².